The predicted molar refractivity (Wildman–Crippen MR) is 71.5 cm³/mol. The maximum absolute atomic E-state index is 10.9. The van der Waals surface area contributed by atoms with Gasteiger partial charge in [0.05, 0.1) is 10.6 Å². The number of anilines is 2. The fourth-order valence-corrected chi connectivity index (χ4v) is 2.23. The minimum absolute atomic E-state index is 0.0686. The summed E-state index contributed by atoms with van der Waals surface area (Å²) < 4.78 is 0. The molecule has 3 N–H and O–H groups in total. The zero-order valence-electron chi connectivity index (χ0n) is 10.4. The van der Waals surface area contributed by atoms with Crippen LogP contribution in [-0.2, 0) is 0 Å². The third kappa shape index (κ3) is 2.70. The molecule has 0 atom stereocenters. The van der Waals surface area contributed by atoms with E-state index in [4.69, 9.17) is 5.84 Å². The lowest BCUT2D eigenvalue weighted by Crippen LogP contribution is -2.32. The highest BCUT2D eigenvalue weighted by Gasteiger charge is 2.18. The molecule has 1 heterocycles. The SMILES string of the molecule is CC1CCN(c2cc(NN)cc([N+](=O)[O-])c2)CC1. The van der Waals surface area contributed by atoms with Gasteiger partial charge in [0, 0.05) is 30.9 Å². The minimum atomic E-state index is -0.392. The van der Waals surface area contributed by atoms with Gasteiger partial charge in [-0.1, -0.05) is 6.92 Å². The van der Waals surface area contributed by atoms with Gasteiger partial charge in [-0.15, -0.1) is 0 Å². The summed E-state index contributed by atoms with van der Waals surface area (Å²) in [6, 6.07) is 4.90. The van der Waals surface area contributed by atoms with Crippen molar-refractivity contribution in [3.05, 3.63) is 28.3 Å². The number of nitrogen functional groups attached to an aromatic ring is 1. The van der Waals surface area contributed by atoms with E-state index < -0.39 is 4.92 Å². The molecule has 0 aromatic heterocycles. The number of piperidine rings is 1. The first-order chi connectivity index (χ1) is 8.60. The Balaban J connectivity index is 2.26. The Kier molecular flexibility index (Phi) is 3.66. The first-order valence-corrected chi connectivity index (χ1v) is 6.11. The van der Waals surface area contributed by atoms with E-state index >= 15 is 0 Å². The standard InChI is InChI=1S/C12H18N4O2/c1-9-2-4-15(5-3-9)11-6-10(14-13)7-12(8-11)16(17)18/h6-9,14H,2-5,13H2,1H3. The lowest BCUT2D eigenvalue weighted by molar-refractivity contribution is -0.384. The van der Waals surface area contributed by atoms with E-state index in [0.717, 1.165) is 37.5 Å². The van der Waals surface area contributed by atoms with Crippen molar-refractivity contribution in [1.82, 2.24) is 0 Å². The first-order valence-electron chi connectivity index (χ1n) is 6.11. The Morgan fingerprint density at radius 1 is 1.39 bits per heavy atom. The van der Waals surface area contributed by atoms with Crippen LogP contribution in [0.15, 0.2) is 18.2 Å². The van der Waals surface area contributed by atoms with Crippen LogP contribution in [0.3, 0.4) is 0 Å². The van der Waals surface area contributed by atoms with Crippen LogP contribution in [-0.4, -0.2) is 18.0 Å². The Bertz CT molecular complexity index is 442. The van der Waals surface area contributed by atoms with Gasteiger partial charge in [0.2, 0.25) is 0 Å². The van der Waals surface area contributed by atoms with Crippen molar-refractivity contribution < 1.29 is 4.92 Å². The molecule has 0 spiro atoms. The molecule has 1 aliphatic heterocycles. The molecular weight excluding hydrogens is 232 g/mol. The molecule has 1 aromatic rings. The molecule has 0 bridgehead atoms. The third-order valence-corrected chi connectivity index (χ3v) is 3.43. The number of rotatable bonds is 3. The van der Waals surface area contributed by atoms with Gasteiger partial charge in [-0.3, -0.25) is 16.0 Å². The van der Waals surface area contributed by atoms with Gasteiger partial charge in [0.1, 0.15) is 0 Å². The van der Waals surface area contributed by atoms with E-state index in [9.17, 15) is 10.1 Å². The van der Waals surface area contributed by atoms with Crippen molar-refractivity contribution >= 4 is 17.1 Å². The van der Waals surface area contributed by atoms with Crippen molar-refractivity contribution in [2.45, 2.75) is 19.8 Å². The molecule has 1 aromatic carbocycles. The lowest BCUT2D eigenvalue weighted by Gasteiger charge is -2.32. The van der Waals surface area contributed by atoms with Crippen LogP contribution in [0.1, 0.15) is 19.8 Å². The van der Waals surface area contributed by atoms with Gasteiger partial charge in [0.15, 0.2) is 0 Å². The molecule has 1 saturated heterocycles. The Hall–Kier alpha value is -1.82. The van der Waals surface area contributed by atoms with Crippen molar-refractivity contribution in [2.75, 3.05) is 23.4 Å². The molecule has 98 valence electrons. The summed E-state index contributed by atoms with van der Waals surface area (Å²) in [4.78, 5) is 12.7. The van der Waals surface area contributed by atoms with Crippen LogP contribution in [0, 0.1) is 16.0 Å². The summed E-state index contributed by atoms with van der Waals surface area (Å²) in [5, 5.41) is 10.9. The summed E-state index contributed by atoms with van der Waals surface area (Å²) >= 11 is 0. The number of nitro groups is 1. The highest BCUT2D eigenvalue weighted by Crippen LogP contribution is 2.29. The average molecular weight is 250 g/mol. The second-order valence-corrected chi connectivity index (χ2v) is 4.81. The number of non-ortho nitro benzene ring substituents is 1. The van der Waals surface area contributed by atoms with Gasteiger partial charge in [-0.05, 0) is 24.8 Å². The van der Waals surface area contributed by atoms with E-state index in [1.165, 1.54) is 6.07 Å². The molecule has 0 aliphatic carbocycles. The van der Waals surface area contributed by atoms with Crippen LogP contribution in [0.5, 0.6) is 0 Å². The van der Waals surface area contributed by atoms with E-state index in [0.29, 0.717) is 5.69 Å². The number of hydrogen-bond donors (Lipinski definition) is 2. The monoisotopic (exact) mass is 250 g/mol. The van der Waals surface area contributed by atoms with Crippen molar-refractivity contribution in [3.8, 4) is 0 Å². The highest BCUT2D eigenvalue weighted by atomic mass is 16.6. The number of hydrazine groups is 1. The molecule has 0 radical (unpaired) electrons. The van der Waals surface area contributed by atoms with Gasteiger partial charge in [-0.2, -0.15) is 0 Å². The topological polar surface area (TPSA) is 84.4 Å². The normalized spacial score (nSPS) is 16.7. The zero-order chi connectivity index (χ0) is 13.1. The summed E-state index contributed by atoms with van der Waals surface area (Å²) in [6.07, 6.45) is 2.24. The molecular formula is C12H18N4O2. The Morgan fingerprint density at radius 3 is 2.61 bits per heavy atom. The second-order valence-electron chi connectivity index (χ2n) is 4.81. The van der Waals surface area contributed by atoms with Crippen molar-refractivity contribution in [3.63, 3.8) is 0 Å². The Labute approximate surface area is 106 Å². The highest BCUT2D eigenvalue weighted by molar-refractivity contribution is 5.64. The number of nitrogens with one attached hydrogen (secondary N) is 1. The number of benzene rings is 1. The smallest absolute Gasteiger partial charge is 0.273 e. The number of nitrogens with zero attached hydrogens (tertiary/aromatic N) is 2. The van der Waals surface area contributed by atoms with E-state index in [2.05, 4.69) is 17.2 Å². The van der Waals surface area contributed by atoms with E-state index in [1.807, 2.05) is 6.07 Å². The van der Waals surface area contributed by atoms with Crippen LogP contribution in [0.25, 0.3) is 0 Å². The molecule has 1 fully saturated rings. The first kappa shape index (κ1) is 12.6. The van der Waals surface area contributed by atoms with E-state index in [-0.39, 0.29) is 5.69 Å². The lowest BCUT2D eigenvalue weighted by atomic mass is 9.99. The van der Waals surface area contributed by atoms with Gasteiger partial charge in [-0.25, -0.2) is 0 Å². The molecule has 18 heavy (non-hydrogen) atoms. The molecule has 0 unspecified atom stereocenters. The number of nitrogens with two attached hydrogens (primary N) is 1. The molecule has 2 rings (SSSR count). The summed E-state index contributed by atoms with van der Waals surface area (Å²) in [6.45, 7) is 4.11. The van der Waals surface area contributed by atoms with Crippen LogP contribution in [0.2, 0.25) is 0 Å². The summed E-state index contributed by atoms with van der Waals surface area (Å²) in [7, 11) is 0. The van der Waals surface area contributed by atoms with Crippen molar-refractivity contribution in [1.29, 1.82) is 0 Å². The summed E-state index contributed by atoms with van der Waals surface area (Å²) in [5.74, 6) is 6.08. The van der Waals surface area contributed by atoms with E-state index in [1.54, 1.807) is 6.07 Å². The molecule has 0 amide bonds. The maximum Gasteiger partial charge on any atom is 0.273 e. The van der Waals surface area contributed by atoms with Crippen molar-refractivity contribution in [2.24, 2.45) is 11.8 Å². The average Bonchev–Trinajstić information content (AvgIpc) is 2.39. The molecule has 6 nitrogen and oxygen atoms in total. The van der Waals surface area contributed by atoms with Crippen LogP contribution >= 0.6 is 0 Å². The van der Waals surface area contributed by atoms with Gasteiger partial charge >= 0.3 is 0 Å². The largest absolute Gasteiger partial charge is 0.371 e. The quantitative estimate of drug-likeness (QED) is 0.487. The number of hydrogen-bond acceptors (Lipinski definition) is 5. The fourth-order valence-electron chi connectivity index (χ4n) is 2.23. The molecule has 6 heteroatoms. The molecule has 1 aliphatic rings. The Morgan fingerprint density at radius 2 is 2.06 bits per heavy atom. The van der Waals surface area contributed by atoms with Gasteiger partial charge < -0.3 is 10.3 Å². The van der Waals surface area contributed by atoms with Gasteiger partial charge in [0.25, 0.3) is 5.69 Å². The zero-order valence-corrected chi connectivity index (χ0v) is 10.4. The number of nitro benzene ring substituents is 1. The predicted octanol–water partition coefficient (Wildman–Crippen LogP) is 2.12. The second kappa shape index (κ2) is 5.22. The third-order valence-electron chi connectivity index (χ3n) is 3.43. The fraction of sp³-hybridized carbons (Fsp3) is 0.500. The molecule has 0 saturated carbocycles. The van der Waals surface area contributed by atoms with Crippen LogP contribution in [0.4, 0.5) is 17.1 Å². The summed E-state index contributed by atoms with van der Waals surface area (Å²) in [5.41, 5.74) is 3.98. The van der Waals surface area contributed by atoms with Crippen LogP contribution < -0.4 is 16.2 Å². The maximum atomic E-state index is 10.9. The minimum Gasteiger partial charge on any atom is -0.371 e.